The van der Waals surface area contributed by atoms with E-state index in [4.69, 9.17) is 10.2 Å². The molecule has 0 unspecified atom stereocenters. The first-order chi connectivity index (χ1) is 1.91. The van der Waals surface area contributed by atoms with E-state index < -0.39 is 0 Å². The molecule has 0 aliphatic carbocycles. The SMILES string of the molecule is OCCO.[Cl-].[Cl-].[Ra+2]. The van der Waals surface area contributed by atoms with E-state index in [9.17, 15) is 0 Å². The van der Waals surface area contributed by atoms with Gasteiger partial charge in [0.1, 0.15) is 0 Å². The molecule has 0 aliphatic heterocycles. The van der Waals surface area contributed by atoms with Crippen LogP contribution < -0.4 is 24.8 Å². The monoisotopic (exact) mass is 358 g/mol. The van der Waals surface area contributed by atoms with Gasteiger partial charge in [0, 0.05) is 0 Å². The number of aliphatic hydroxyl groups excluding tert-OH is 2. The largest absolute Gasteiger partial charge is 2.00 e. The van der Waals surface area contributed by atoms with Gasteiger partial charge in [-0.3, -0.25) is 0 Å². The van der Waals surface area contributed by atoms with Crippen molar-refractivity contribution >= 4 is 0 Å². The fourth-order valence-corrected chi connectivity index (χ4v) is 0. The number of halogens is 2. The topological polar surface area (TPSA) is 40.5 Å². The van der Waals surface area contributed by atoms with Crippen molar-refractivity contribution in [2.75, 3.05) is 13.2 Å². The normalized spacial score (nSPS) is 4.29. The Morgan fingerprint density at radius 2 is 1.00 bits per heavy atom. The van der Waals surface area contributed by atoms with Gasteiger partial charge in [-0.15, -0.1) is 0 Å². The number of rotatable bonds is 1. The zero-order valence-corrected chi connectivity index (χ0v) is 11.1. The van der Waals surface area contributed by atoms with Crippen LogP contribution in [0.15, 0.2) is 0 Å². The molecule has 0 rings (SSSR count). The summed E-state index contributed by atoms with van der Waals surface area (Å²) >= 11 is 0. The van der Waals surface area contributed by atoms with Crippen LogP contribution >= 0.6 is 0 Å². The van der Waals surface area contributed by atoms with Crippen LogP contribution in [0.5, 0.6) is 0 Å². The quantitative estimate of drug-likeness (QED) is 0.489. The van der Waals surface area contributed by atoms with E-state index in [0.29, 0.717) is 0 Å². The van der Waals surface area contributed by atoms with Crippen LogP contribution in [0.3, 0.4) is 0 Å². The number of hydrogen-bond acceptors (Lipinski definition) is 2. The van der Waals surface area contributed by atoms with E-state index in [1.54, 1.807) is 0 Å². The molecule has 0 atom stereocenters. The van der Waals surface area contributed by atoms with Gasteiger partial charge in [-0.2, -0.15) is 0 Å². The second kappa shape index (κ2) is 24.6. The van der Waals surface area contributed by atoms with Crippen molar-refractivity contribution in [2.24, 2.45) is 0 Å². The smallest absolute Gasteiger partial charge is 1.00 e. The van der Waals surface area contributed by atoms with Gasteiger partial charge in [0.25, 0.3) is 0 Å². The zero-order chi connectivity index (χ0) is 3.41. The Morgan fingerprint density at radius 3 is 1.00 bits per heavy atom. The van der Waals surface area contributed by atoms with Gasteiger partial charge in [-0.25, -0.2) is 0 Å². The summed E-state index contributed by atoms with van der Waals surface area (Å²) in [7, 11) is 0. The average Bonchev–Trinajstić information content (AvgIpc) is 1.37. The fraction of sp³-hybridized carbons (Fsp3) is 1.00. The molecule has 7 heavy (non-hydrogen) atoms. The molecular weight excluding hydrogens is 353 g/mol. The van der Waals surface area contributed by atoms with Crippen molar-refractivity contribution in [1.82, 2.24) is 0 Å². The summed E-state index contributed by atoms with van der Waals surface area (Å²) in [6.07, 6.45) is 0. The molecule has 0 radical (unpaired) electrons. The predicted octanol–water partition coefficient (Wildman–Crippen LogP) is -7.02. The van der Waals surface area contributed by atoms with Crippen LogP contribution in [0.4, 0.5) is 0 Å². The molecule has 0 aromatic carbocycles. The maximum atomic E-state index is 7.62. The van der Waals surface area contributed by atoms with Gasteiger partial charge >= 0.3 is 45.0 Å². The molecule has 0 bridgehead atoms. The Bertz CT molecular complexity index is 15.7. The zero-order valence-electron chi connectivity index (χ0n) is 3.77. The second-order valence-corrected chi connectivity index (χ2v) is 0.447. The Labute approximate surface area is 91.9 Å². The van der Waals surface area contributed by atoms with Crippen LogP contribution in [0.2, 0.25) is 0 Å². The summed E-state index contributed by atoms with van der Waals surface area (Å²) in [6.45, 7) is -0.250. The van der Waals surface area contributed by atoms with Gasteiger partial charge in [-0.05, 0) is 0 Å². The van der Waals surface area contributed by atoms with Crippen LogP contribution in [-0.2, 0) is 0 Å². The van der Waals surface area contributed by atoms with Crippen LogP contribution in [-0.4, -0.2) is 23.4 Å². The second-order valence-electron chi connectivity index (χ2n) is 0.447. The minimum atomic E-state index is -0.125. The van der Waals surface area contributed by atoms with Gasteiger partial charge in [-0.1, -0.05) is 0 Å². The van der Waals surface area contributed by atoms with E-state index in [-0.39, 0.29) is 83.0 Å². The standard InChI is InChI=1S/C2H6O2.2ClH.Ra/c3-1-2-4;;;/h3-4H,1-2H2;2*1H;/q;;;+2/p-2. The van der Waals surface area contributed by atoms with Crippen molar-refractivity contribution in [1.29, 1.82) is 0 Å². The summed E-state index contributed by atoms with van der Waals surface area (Å²) in [6, 6.07) is 0. The van der Waals surface area contributed by atoms with Gasteiger partial charge in [0.05, 0.1) is 13.2 Å². The summed E-state index contributed by atoms with van der Waals surface area (Å²) < 4.78 is 0. The summed E-state index contributed by atoms with van der Waals surface area (Å²) in [4.78, 5) is 0. The summed E-state index contributed by atoms with van der Waals surface area (Å²) in [5.74, 6) is 0. The summed E-state index contributed by atoms with van der Waals surface area (Å²) in [5.41, 5.74) is 0. The van der Waals surface area contributed by atoms with Crippen molar-refractivity contribution in [3.8, 4) is 0 Å². The third-order valence-electron chi connectivity index (χ3n) is 0.1000. The van der Waals surface area contributed by atoms with Crippen LogP contribution in [0, 0.1) is 45.0 Å². The van der Waals surface area contributed by atoms with Crippen molar-refractivity contribution in [2.45, 2.75) is 0 Å². The molecule has 0 aromatic rings. The van der Waals surface area contributed by atoms with Gasteiger partial charge in [0.2, 0.25) is 0 Å². The van der Waals surface area contributed by atoms with E-state index in [1.807, 2.05) is 0 Å². The molecule has 0 spiro atoms. The Balaban J connectivity index is -0.0000000150. The molecular formula is C2H6Cl2O2Ra. The first-order valence-electron chi connectivity index (χ1n) is 1.13. The maximum Gasteiger partial charge on any atom is 2.00 e. The molecule has 42 valence electrons. The molecule has 0 aromatic heterocycles. The Hall–Kier alpha value is 1.97. The van der Waals surface area contributed by atoms with E-state index >= 15 is 0 Å². The van der Waals surface area contributed by atoms with Gasteiger partial charge < -0.3 is 35.0 Å². The van der Waals surface area contributed by atoms with E-state index in [2.05, 4.69) is 0 Å². The van der Waals surface area contributed by atoms with Crippen molar-refractivity contribution in [3.63, 3.8) is 0 Å². The molecule has 0 heterocycles. The number of aliphatic hydroxyl groups is 2. The first kappa shape index (κ1) is 23.1. The minimum Gasteiger partial charge on any atom is -1.00 e. The third kappa shape index (κ3) is 32.2. The number of hydrogen-bond donors (Lipinski definition) is 2. The molecule has 5 heteroatoms. The molecule has 2 N–H and O–H groups in total. The van der Waals surface area contributed by atoms with Crippen molar-refractivity contribution < 1.29 is 80.0 Å². The van der Waals surface area contributed by atoms with E-state index in [1.165, 1.54) is 0 Å². The Kier molecular flexibility index (Phi) is 81.0. The fourth-order valence-electron chi connectivity index (χ4n) is 0. The first-order valence-corrected chi connectivity index (χ1v) is 1.13. The van der Waals surface area contributed by atoms with Crippen LogP contribution in [0.1, 0.15) is 0 Å². The molecule has 0 saturated heterocycles. The summed E-state index contributed by atoms with van der Waals surface area (Å²) in [5, 5.41) is 15.2. The molecule has 0 aliphatic rings. The molecule has 0 amide bonds. The van der Waals surface area contributed by atoms with Crippen LogP contribution in [0.25, 0.3) is 0 Å². The van der Waals surface area contributed by atoms with Crippen molar-refractivity contribution in [3.05, 3.63) is 0 Å². The predicted molar refractivity (Wildman–Crippen MR) is 14.2 cm³/mol. The molecule has 2 nitrogen and oxygen atoms in total. The molecule has 0 fully saturated rings. The Morgan fingerprint density at radius 1 is 0.857 bits per heavy atom. The minimum absolute atomic E-state index is 0. The maximum absolute atomic E-state index is 7.62. The average molecular weight is 359 g/mol. The van der Waals surface area contributed by atoms with E-state index in [0.717, 1.165) is 0 Å². The third-order valence-corrected chi connectivity index (χ3v) is 0.1000. The van der Waals surface area contributed by atoms with Gasteiger partial charge in [0.15, 0.2) is 0 Å². The molecule has 0 saturated carbocycles.